The maximum Gasteiger partial charge on any atom is 0.171 e. The van der Waals surface area contributed by atoms with Crippen LogP contribution in [0.15, 0.2) is 54.6 Å². The van der Waals surface area contributed by atoms with Crippen LogP contribution in [0.2, 0.25) is 0 Å². The van der Waals surface area contributed by atoms with E-state index in [9.17, 15) is 0 Å². The number of benzene rings is 2. The van der Waals surface area contributed by atoms with Crippen molar-refractivity contribution < 1.29 is 4.74 Å². The largest absolute Gasteiger partial charge is 0.486 e. The molecule has 0 amide bonds. The van der Waals surface area contributed by atoms with Gasteiger partial charge in [-0.25, -0.2) is 0 Å². The number of fused-ring (bicyclic) bond motifs is 1. The molecule has 122 valence electrons. The third kappa shape index (κ3) is 3.18. The highest BCUT2D eigenvalue weighted by Crippen LogP contribution is 2.23. The number of hydrogen-bond donors (Lipinski definition) is 0. The van der Waals surface area contributed by atoms with E-state index in [1.54, 1.807) is 0 Å². The average Bonchev–Trinajstić information content (AvgIpc) is 2.87. The van der Waals surface area contributed by atoms with Crippen molar-refractivity contribution in [2.45, 2.75) is 38.8 Å². The fourth-order valence-corrected chi connectivity index (χ4v) is 3.17. The van der Waals surface area contributed by atoms with Crippen molar-refractivity contribution in [3.63, 3.8) is 0 Å². The van der Waals surface area contributed by atoms with Gasteiger partial charge in [0, 0.05) is 13.0 Å². The first-order valence-corrected chi connectivity index (χ1v) is 8.59. The molecule has 1 aromatic heterocycles. The number of ether oxygens (including phenoxy) is 1. The second-order valence-corrected chi connectivity index (χ2v) is 6.17. The zero-order chi connectivity index (χ0) is 16.2. The van der Waals surface area contributed by atoms with Crippen LogP contribution in [-0.4, -0.2) is 14.8 Å². The molecule has 0 aliphatic carbocycles. The van der Waals surface area contributed by atoms with Gasteiger partial charge >= 0.3 is 0 Å². The SMILES string of the molecule is c1ccc(-c2ccc(OCc3nnc4n3CCCCC4)cc2)cc1. The van der Waals surface area contributed by atoms with Crippen LogP contribution in [0.3, 0.4) is 0 Å². The van der Waals surface area contributed by atoms with E-state index in [4.69, 9.17) is 4.74 Å². The molecule has 2 aromatic carbocycles. The van der Waals surface area contributed by atoms with Gasteiger partial charge in [0.15, 0.2) is 5.82 Å². The van der Waals surface area contributed by atoms with Crippen LogP contribution in [0, 0.1) is 0 Å². The van der Waals surface area contributed by atoms with Crippen LogP contribution in [0.25, 0.3) is 11.1 Å². The third-order valence-electron chi connectivity index (χ3n) is 4.52. The second kappa shape index (κ2) is 6.87. The molecule has 24 heavy (non-hydrogen) atoms. The molecule has 2 heterocycles. The lowest BCUT2D eigenvalue weighted by Gasteiger charge is -2.09. The van der Waals surface area contributed by atoms with Crippen LogP contribution < -0.4 is 4.74 Å². The van der Waals surface area contributed by atoms with E-state index in [0.717, 1.165) is 30.4 Å². The van der Waals surface area contributed by atoms with E-state index >= 15 is 0 Å². The van der Waals surface area contributed by atoms with Crippen LogP contribution in [-0.2, 0) is 19.6 Å². The molecule has 0 radical (unpaired) electrons. The summed E-state index contributed by atoms with van der Waals surface area (Å²) in [6.45, 7) is 1.48. The molecule has 1 aliphatic rings. The van der Waals surface area contributed by atoms with Gasteiger partial charge in [-0.1, -0.05) is 48.9 Å². The van der Waals surface area contributed by atoms with E-state index < -0.39 is 0 Å². The highest BCUT2D eigenvalue weighted by atomic mass is 16.5. The predicted molar refractivity (Wildman–Crippen MR) is 93.8 cm³/mol. The van der Waals surface area contributed by atoms with Crippen LogP contribution in [0.1, 0.15) is 30.9 Å². The maximum absolute atomic E-state index is 5.92. The van der Waals surface area contributed by atoms with E-state index in [2.05, 4.69) is 51.2 Å². The van der Waals surface area contributed by atoms with Gasteiger partial charge in [-0.2, -0.15) is 0 Å². The van der Waals surface area contributed by atoms with Crippen LogP contribution in [0.4, 0.5) is 0 Å². The lowest BCUT2D eigenvalue weighted by molar-refractivity contribution is 0.288. The third-order valence-corrected chi connectivity index (χ3v) is 4.52. The summed E-state index contributed by atoms with van der Waals surface area (Å²) in [6, 6.07) is 18.6. The molecular weight excluding hydrogens is 298 g/mol. The van der Waals surface area contributed by atoms with Gasteiger partial charge in [-0.05, 0) is 36.1 Å². The summed E-state index contributed by atoms with van der Waals surface area (Å²) in [6.07, 6.45) is 4.70. The minimum absolute atomic E-state index is 0.470. The molecule has 1 aliphatic heterocycles. The summed E-state index contributed by atoms with van der Waals surface area (Å²) in [5.41, 5.74) is 2.41. The summed E-state index contributed by atoms with van der Waals surface area (Å²) in [5.74, 6) is 2.89. The minimum atomic E-state index is 0.470. The van der Waals surface area contributed by atoms with Crippen molar-refractivity contribution in [2.24, 2.45) is 0 Å². The Morgan fingerprint density at radius 2 is 1.62 bits per heavy atom. The van der Waals surface area contributed by atoms with Crippen molar-refractivity contribution in [1.82, 2.24) is 14.8 Å². The van der Waals surface area contributed by atoms with Crippen LogP contribution >= 0.6 is 0 Å². The summed E-state index contributed by atoms with van der Waals surface area (Å²) in [5, 5.41) is 8.62. The van der Waals surface area contributed by atoms with Crippen molar-refractivity contribution >= 4 is 0 Å². The Morgan fingerprint density at radius 3 is 2.46 bits per heavy atom. The summed E-state index contributed by atoms with van der Waals surface area (Å²) >= 11 is 0. The van der Waals surface area contributed by atoms with Gasteiger partial charge in [0.1, 0.15) is 18.2 Å². The van der Waals surface area contributed by atoms with Crippen molar-refractivity contribution in [3.05, 3.63) is 66.2 Å². The Bertz CT molecular complexity index is 794. The first-order chi connectivity index (χ1) is 11.9. The normalized spacial score (nSPS) is 14.0. The van der Waals surface area contributed by atoms with Gasteiger partial charge < -0.3 is 9.30 Å². The average molecular weight is 319 g/mol. The van der Waals surface area contributed by atoms with Crippen molar-refractivity contribution in [1.29, 1.82) is 0 Å². The molecule has 4 rings (SSSR count). The molecule has 0 saturated carbocycles. The number of rotatable bonds is 4. The highest BCUT2D eigenvalue weighted by molar-refractivity contribution is 5.63. The second-order valence-electron chi connectivity index (χ2n) is 6.17. The lowest BCUT2D eigenvalue weighted by Crippen LogP contribution is -2.08. The Kier molecular flexibility index (Phi) is 4.28. The fourth-order valence-electron chi connectivity index (χ4n) is 3.17. The Labute approximate surface area is 142 Å². The molecule has 3 aromatic rings. The molecule has 0 bridgehead atoms. The number of aromatic nitrogens is 3. The molecular formula is C20H21N3O. The summed E-state index contributed by atoms with van der Waals surface area (Å²) in [4.78, 5) is 0. The van der Waals surface area contributed by atoms with Gasteiger partial charge in [0.25, 0.3) is 0 Å². The zero-order valence-corrected chi connectivity index (χ0v) is 13.7. The summed E-state index contributed by atoms with van der Waals surface area (Å²) < 4.78 is 8.15. The summed E-state index contributed by atoms with van der Waals surface area (Å²) in [7, 11) is 0. The molecule has 0 N–H and O–H groups in total. The molecule has 0 saturated heterocycles. The predicted octanol–water partition coefficient (Wildman–Crippen LogP) is 4.25. The van der Waals surface area contributed by atoms with Gasteiger partial charge in [-0.15, -0.1) is 10.2 Å². The topological polar surface area (TPSA) is 39.9 Å². The van der Waals surface area contributed by atoms with Gasteiger partial charge in [0.05, 0.1) is 0 Å². The van der Waals surface area contributed by atoms with Crippen LogP contribution in [0.5, 0.6) is 5.75 Å². The Morgan fingerprint density at radius 1 is 0.833 bits per heavy atom. The standard InChI is InChI=1S/C20H21N3O/c1-3-7-16(8-4-1)17-10-12-18(13-11-17)24-15-20-22-21-19-9-5-2-6-14-23(19)20/h1,3-4,7-8,10-13H,2,5-6,9,14-15H2. The molecule has 0 atom stereocenters. The van der Waals surface area contributed by atoms with Gasteiger partial charge in [0.2, 0.25) is 0 Å². The van der Waals surface area contributed by atoms with Crippen molar-refractivity contribution in [2.75, 3.05) is 0 Å². The Hall–Kier alpha value is -2.62. The molecule has 0 fully saturated rings. The first kappa shape index (κ1) is 14.9. The van der Waals surface area contributed by atoms with E-state index in [-0.39, 0.29) is 0 Å². The van der Waals surface area contributed by atoms with E-state index in [1.807, 2.05) is 18.2 Å². The molecule has 4 heteroatoms. The maximum atomic E-state index is 5.92. The Balaban J connectivity index is 1.44. The highest BCUT2D eigenvalue weighted by Gasteiger charge is 2.14. The number of aryl methyl sites for hydroxylation is 1. The lowest BCUT2D eigenvalue weighted by atomic mass is 10.1. The minimum Gasteiger partial charge on any atom is -0.486 e. The van der Waals surface area contributed by atoms with Crippen molar-refractivity contribution in [3.8, 4) is 16.9 Å². The molecule has 0 spiro atoms. The van der Waals surface area contributed by atoms with E-state index in [0.29, 0.717) is 6.61 Å². The van der Waals surface area contributed by atoms with Gasteiger partial charge in [-0.3, -0.25) is 0 Å². The monoisotopic (exact) mass is 319 g/mol. The number of hydrogen-bond acceptors (Lipinski definition) is 3. The fraction of sp³-hybridized carbons (Fsp3) is 0.300. The number of nitrogens with zero attached hydrogens (tertiary/aromatic N) is 3. The zero-order valence-electron chi connectivity index (χ0n) is 13.7. The molecule has 4 nitrogen and oxygen atoms in total. The molecule has 0 unspecified atom stereocenters. The smallest absolute Gasteiger partial charge is 0.171 e. The van der Waals surface area contributed by atoms with E-state index in [1.165, 1.54) is 30.4 Å². The first-order valence-electron chi connectivity index (χ1n) is 8.59. The quantitative estimate of drug-likeness (QED) is 0.722.